The van der Waals surface area contributed by atoms with Gasteiger partial charge in [-0.2, -0.15) is 13.2 Å². The summed E-state index contributed by atoms with van der Waals surface area (Å²) >= 11 is 0. The van der Waals surface area contributed by atoms with E-state index in [4.69, 9.17) is 4.74 Å². The number of hydrogen-bond donors (Lipinski definition) is 0. The molecule has 0 spiro atoms. The summed E-state index contributed by atoms with van der Waals surface area (Å²) in [7, 11) is 0. The van der Waals surface area contributed by atoms with Gasteiger partial charge in [-0.3, -0.25) is 0 Å². The number of benzene rings is 1. The first-order valence-corrected chi connectivity index (χ1v) is 5.76. The molecule has 0 radical (unpaired) electrons. The molecule has 5 nitrogen and oxygen atoms in total. The van der Waals surface area contributed by atoms with Gasteiger partial charge in [0.25, 0.3) is 0 Å². The van der Waals surface area contributed by atoms with Crippen molar-refractivity contribution in [2.24, 2.45) is 0 Å². The second-order valence-electron chi connectivity index (χ2n) is 4.07. The summed E-state index contributed by atoms with van der Waals surface area (Å²) in [6, 6.07) is 7.34. The van der Waals surface area contributed by atoms with E-state index < -0.39 is 22.5 Å². The zero-order valence-corrected chi connectivity index (χ0v) is 10.5. The number of halogens is 3. The highest BCUT2D eigenvalue weighted by Gasteiger charge is 2.30. The topological polar surface area (TPSA) is 65.3 Å². The molecule has 0 saturated carbocycles. The van der Waals surface area contributed by atoms with Crippen LogP contribution >= 0.6 is 0 Å². The predicted molar refractivity (Wildman–Crippen MR) is 66.7 cm³/mol. The van der Waals surface area contributed by atoms with Gasteiger partial charge in [-0.05, 0) is 39.7 Å². The lowest BCUT2D eigenvalue weighted by atomic mass is 10.1. The Morgan fingerprint density at radius 1 is 1.24 bits per heavy atom. The summed E-state index contributed by atoms with van der Waals surface area (Å²) in [5.41, 5.74) is -0.549. The Balaban J connectivity index is 2.16. The minimum atomic E-state index is -4.45. The van der Waals surface area contributed by atoms with Crippen LogP contribution in [-0.2, 0) is 12.8 Å². The summed E-state index contributed by atoms with van der Waals surface area (Å²) in [4.78, 5) is 13.6. The van der Waals surface area contributed by atoms with Gasteiger partial charge < -0.3 is 14.9 Å². The lowest BCUT2D eigenvalue weighted by Crippen LogP contribution is -2.06. The van der Waals surface area contributed by atoms with Crippen LogP contribution in [0.25, 0.3) is 0 Å². The zero-order valence-electron chi connectivity index (χ0n) is 10.5. The average molecular weight is 298 g/mol. The molecule has 1 aromatic heterocycles. The molecule has 0 saturated heterocycles. The summed E-state index contributed by atoms with van der Waals surface area (Å²) in [6.07, 6.45) is -3.22. The number of aromatic nitrogens is 1. The van der Waals surface area contributed by atoms with E-state index in [0.717, 1.165) is 12.1 Å². The fourth-order valence-corrected chi connectivity index (χ4v) is 1.63. The van der Waals surface area contributed by atoms with Gasteiger partial charge in [0, 0.05) is 0 Å². The molecule has 8 heteroatoms. The van der Waals surface area contributed by atoms with Gasteiger partial charge in [0.2, 0.25) is 5.75 Å². The van der Waals surface area contributed by atoms with Gasteiger partial charge in [0.15, 0.2) is 0 Å². The minimum absolute atomic E-state index is 0.0973. The van der Waals surface area contributed by atoms with Gasteiger partial charge in [-0.15, -0.1) is 0 Å². The zero-order chi connectivity index (χ0) is 15.5. The van der Waals surface area contributed by atoms with Crippen LogP contribution in [0.1, 0.15) is 11.1 Å². The summed E-state index contributed by atoms with van der Waals surface area (Å²) in [5.74, 6) is -0.579. The Bertz CT molecular complexity index is 659. The van der Waals surface area contributed by atoms with Crippen molar-refractivity contribution in [1.29, 1.82) is 0 Å². The Kier molecular flexibility index (Phi) is 4.06. The molecule has 0 N–H and O–H groups in total. The molecule has 0 fully saturated rings. The number of alkyl halides is 3. The van der Waals surface area contributed by atoms with Crippen LogP contribution in [0, 0.1) is 10.1 Å². The van der Waals surface area contributed by atoms with Gasteiger partial charge in [-0.25, -0.2) is 0 Å². The number of nitro groups is 1. The van der Waals surface area contributed by atoms with Crippen LogP contribution in [0.5, 0.6) is 5.75 Å². The fourth-order valence-electron chi connectivity index (χ4n) is 1.63. The molecule has 0 bridgehead atoms. The molecular weight excluding hydrogens is 289 g/mol. The van der Waals surface area contributed by atoms with E-state index in [1.165, 1.54) is 30.5 Å². The van der Waals surface area contributed by atoms with Crippen molar-refractivity contribution in [1.82, 2.24) is 4.98 Å². The van der Waals surface area contributed by atoms with Crippen LogP contribution < -0.4 is 4.74 Å². The van der Waals surface area contributed by atoms with E-state index in [1.807, 2.05) is 0 Å². The quantitative estimate of drug-likeness (QED) is 0.639. The molecule has 0 aliphatic heterocycles. The smallest absolute Gasteiger partial charge is 0.416 e. The van der Waals surface area contributed by atoms with Gasteiger partial charge >= 0.3 is 12.0 Å². The van der Waals surface area contributed by atoms with Crippen LogP contribution in [0.3, 0.4) is 0 Å². The highest BCUT2D eigenvalue weighted by atomic mass is 19.4. The first-order valence-electron chi connectivity index (χ1n) is 5.76. The second kappa shape index (κ2) is 5.78. The summed E-state index contributed by atoms with van der Waals surface area (Å²) in [6.45, 7) is -0.226. The van der Waals surface area contributed by atoms with Crippen molar-refractivity contribution in [3.8, 4) is 5.75 Å². The molecule has 2 rings (SSSR count). The summed E-state index contributed by atoms with van der Waals surface area (Å²) in [5, 5.41) is 10.7. The molecule has 0 aliphatic rings. The van der Waals surface area contributed by atoms with E-state index in [9.17, 15) is 23.3 Å². The van der Waals surface area contributed by atoms with E-state index >= 15 is 0 Å². The van der Waals surface area contributed by atoms with Crippen molar-refractivity contribution in [3.63, 3.8) is 0 Å². The monoisotopic (exact) mass is 298 g/mol. The SMILES string of the molecule is O=[N+]([O-])c1ncccc1OCc1cccc(C(F)(F)F)c1. The highest BCUT2D eigenvalue weighted by Crippen LogP contribution is 2.30. The number of ether oxygens (including phenoxy) is 1. The Labute approximate surface area is 117 Å². The maximum absolute atomic E-state index is 12.6. The molecular formula is C13H9F3N2O3. The first kappa shape index (κ1) is 14.8. The largest absolute Gasteiger partial charge is 0.481 e. The molecule has 0 atom stereocenters. The van der Waals surface area contributed by atoms with Crippen LogP contribution in [0.15, 0.2) is 42.6 Å². The fraction of sp³-hybridized carbons (Fsp3) is 0.154. The Morgan fingerprint density at radius 3 is 2.67 bits per heavy atom. The lowest BCUT2D eigenvalue weighted by Gasteiger charge is -2.09. The number of nitrogens with zero attached hydrogens (tertiary/aromatic N) is 2. The van der Waals surface area contributed by atoms with Crippen molar-refractivity contribution >= 4 is 5.82 Å². The highest BCUT2D eigenvalue weighted by molar-refractivity contribution is 5.38. The minimum Gasteiger partial charge on any atom is -0.481 e. The predicted octanol–water partition coefficient (Wildman–Crippen LogP) is 3.59. The van der Waals surface area contributed by atoms with Crippen LogP contribution in [0.2, 0.25) is 0 Å². The third kappa shape index (κ3) is 3.68. The van der Waals surface area contributed by atoms with E-state index in [2.05, 4.69) is 4.98 Å². The molecule has 0 aliphatic carbocycles. The molecule has 1 heterocycles. The first-order chi connectivity index (χ1) is 9.88. The average Bonchev–Trinajstić information content (AvgIpc) is 2.45. The number of rotatable bonds is 4. The van der Waals surface area contributed by atoms with Crippen molar-refractivity contribution in [3.05, 3.63) is 63.8 Å². The van der Waals surface area contributed by atoms with Gasteiger partial charge in [0.05, 0.1) is 5.56 Å². The third-order valence-corrected chi connectivity index (χ3v) is 2.57. The van der Waals surface area contributed by atoms with Crippen LogP contribution in [-0.4, -0.2) is 9.91 Å². The standard InChI is InChI=1S/C13H9F3N2O3/c14-13(15,16)10-4-1-3-9(7-10)8-21-11-5-2-6-17-12(11)18(19)20/h1-7H,8H2. The number of hydrogen-bond acceptors (Lipinski definition) is 4. The Hall–Kier alpha value is -2.64. The molecule has 0 amide bonds. The third-order valence-electron chi connectivity index (χ3n) is 2.57. The maximum Gasteiger partial charge on any atom is 0.416 e. The van der Waals surface area contributed by atoms with Crippen molar-refractivity contribution in [2.75, 3.05) is 0 Å². The lowest BCUT2D eigenvalue weighted by molar-refractivity contribution is -0.390. The molecule has 2 aromatic rings. The van der Waals surface area contributed by atoms with E-state index in [0.29, 0.717) is 0 Å². The maximum atomic E-state index is 12.6. The summed E-state index contributed by atoms with van der Waals surface area (Å²) < 4.78 is 42.9. The normalized spacial score (nSPS) is 11.2. The molecule has 110 valence electrons. The van der Waals surface area contributed by atoms with E-state index in [-0.39, 0.29) is 17.9 Å². The van der Waals surface area contributed by atoms with E-state index in [1.54, 1.807) is 0 Å². The van der Waals surface area contributed by atoms with Gasteiger partial charge in [0.1, 0.15) is 12.8 Å². The van der Waals surface area contributed by atoms with Gasteiger partial charge in [-0.1, -0.05) is 12.1 Å². The van der Waals surface area contributed by atoms with Crippen LogP contribution in [0.4, 0.5) is 19.0 Å². The molecule has 1 aromatic carbocycles. The molecule has 0 unspecified atom stereocenters. The van der Waals surface area contributed by atoms with Crippen molar-refractivity contribution < 1.29 is 22.8 Å². The number of pyridine rings is 1. The molecule has 21 heavy (non-hydrogen) atoms. The van der Waals surface area contributed by atoms with Crippen molar-refractivity contribution in [2.45, 2.75) is 12.8 Å². The second-order valence-corrected chi connectivity index (χ2v) is 4.07. The Morgan fingerprint density at radius 2 is 2.00 bits per heavy atom.